The monoisotopic (exact) mass is 237 g/mol. The summed E-state index contributed by atoms with van der Waals surface area (Å²) in [7, 11) is 0. The van der Waals surface area contributed by atoms with Crippen molar-refractivity contribution in [2.24, 2.45) is 5.41 Å². The van der Waals surface area contributed by atoms with Crippen LogP contribution in [-0.2, 0) is 16.0 Å². The number of imidazole rings is 1. The van der Waals surface area contributed by atoms with Gasteiger partial charge in [0.15, 0.2) is 0 Å². The van der Waals surface area contributed by atoms with Crippen LogP contribution in [-0.4, -0.2) is 29.0 Å². The number of rotatable bonds is 2. The number of aromatic nitrogens is 2. The minimum Gasteiger partial charge on any atom is -0.370 e. The molecule has 0 radical (unpaired) electrons. The quantitative estimate of drug-likeness (QED) is 0.811. The minimum atomic E-state index is -0.372. The van der Waals surface area contributed by atoms with Crippen molar-refractivity contribution < 1.29 is 9.53 Å². The highest BCUT2D eigenvalue weighted by Crippen LogP contribution is 2.23. The van der Waals surface area contributed by atoms with Gasteiger partial charge in [0.25, 0.3) is 0 Å². The van der Waals surface area contributed by atoms with E-state index in [1.807, 2.05) is 20.8 Å². The van der Waals surface area contributed by atoms with Crippen LogP contribution in [0, 0.1) is 5.41 Å². The molecule has 2 N–H and O–H groups in total. The van der Waals surface area contributed by atoms with E-state index in [-0.39, 0.29) is 17.4 Å². The van der Waals surface area contributed by atoms with Gasteiger partial charge in [-0.3, -0.25) is 4.79 Å². The van der Waals surface area contributed by atoms with Crippen LogP contribution in [0.4, 0.5) is 0 Å². The van der Waals surface area contributed by atoms with Crippen LogP contribution in [0.25, 0.3) is 0 Å². The van der Waals surface area contributed by atoms with Crippen LogP contribution in [0.1, 0.15) is 38.3 Å². The molecule has 0 saturated carbocycles. The maximum absolute atomic E-state index is 11.8. The van der Waals surface area contributed by atoms with Crippen LogP contribution in [0.15, 0.2) is 6.33 Å². The largest absolute Gasteiger partial charge is 0.370 e. The molecule has 1 unspecified atom stereocenters. The summed E-state index contributed by atoms with van der Waals surface area (Å²) in [6, 6.07) is 0. The summed E-state index contributed by atoms with van der Waals surface area (Å²) in [5.41, 5.74) is 1.67. The fraction of sp³-hybridized carbons (Fsp3) is 0.667. The summed E-state index contributed by atoms with van der Waals surface area (Å²) in [6.07, 6.45) is 2.41. The van der Waals surface area contributed by atoms with Crippen LogP contribution in [0.5, 0.6) is 0 Å². The smallest absolute Gasteiger partial charge is 0.225 e. The van der Waals surface area contributed by atoms with Crippen LogP contribution >= 0.6 is 0 Å². The van der Waals surface area contributed by atoms with Gasteiger partial charge in [0.2, 0.25) is 5.91 Å². The predicted octanol–water partition coefficient (Wildman–Crippen LogP) is 1.19. The van der Waals surface area contributed by atoms with Crippen molar-refractivity contribution in [1.82, 2.24) is 15.3 Å². The number of hydrogen-bond acceptors (Lipinski definition) is 3. The number of hydrogen-bond donors (Lipinski definition) is 2. The molecule has 0 fully saturated rings. The van der Waals surface area contributed by atoms with E-state index in [4.69, 9.17) is 4.74 Å². The Morgan fingerprint density at radius 2 is 2.41 bits per heavy atom. The standard InChI is InChI=1S/C12H19N3O2/c1-12(2,3)11(16)13-6-9-10-8(4-5-17-9)14-7-15-10/h7,9H,4-6H2,1-3H3,(H,13,16)(H,14,15). The molecule has 1 aromatic heterocycles. The number of nitrogens with zero attached hydrogens (tertiary/aromatic N) is 1. The Morgan fingerprint density at radius 3 is 3.12 bits per heavy atom. The molecule has 0 aromatic carbocycles. The number of ether oxygens (including phenoxy) is 1. The summed E-state index contributed by atoms with van der Waals surface area (Å²) in [5.74, 6) is 0.0313. The second-order valence-electron chi connectivity index (χ2n) is 5.34. The van der Waals surface area contributed by atoms with Gasteiger partial charge in [-0.15, -0.1) is 0 Å². The average molecular weight is 237 g/mol. The Labute approximate surface area is 101 Å². The predicted molar refractivity (Wildman–Crippen MR) is 63.4 cm³/mol. The second-order valence-corrected chi connectivity index (χ2v) is 5.34. The lowest BCUT2D eigenvalue weighted by Crippen LogP contribution is -2.38. The summed E-state index contributed by atoms with van der Waals surface area (Å²) in [4.78, 5) is 19.1. The van der Waals surface area contributed by atoms with Gasteiger partial charge in [-0.2, -0.15) is 0 Å². The maximum Gasteiger partial charge on any atom is 0.225 e. The lowest BCUT2D eigenvalue weighted by atomic mass is 9.95. The summed E-state index contributed by atoms with van der Waals surface area (Å²) >= 11 is 0. The van der Waals surface area contributed by atoms with Gasteiger partial charge in [-0.25, -0.2) is 4.98 Å². The third-order valence-electron chi connectivity index (χ3n) is 2.86. The molecule has 1 aromatic rings. The van der Waals surface area contributed by atoms with E-state index < -0.39 is 0 Å². The van der Waals surface area contributed by atoms with Gasteiger partial charge in [0.1, 0.15) is 6.10 Å². The zero-order valence-corrected chi connectivity index (χ0v) is 10.5. The highest BCUT2D eigenvalue weighted by atomic mass is 16.5. The van der Waals surface area contributed by atoms with E-state index in [0.717, 1.165) is 17.8 Å². The SMILES string of the molecule is CC(C)(C)C(=O)NCC1OCCc2[nH]cnc21. The Morgan fingerprint density at radius 1 is 1.65 bits per heavy atom. The number of amides is 1. The van der Waals surface area contributed by atoms with E-state index in [1.54, 1.807) is 6.33 Å². The van der Waals surface area contributed by atoms with Crippen LogP contribution in [0.2, 0.25) is 0 Å². The zero-order valence-electron chi connectivity index (χ0n) is 10.5. The lowest BCUT2D eigenvalue weighted by Gasteiger charge is -2.24. The van der Waals surface area contributed by atoms with Crippen molar-refractivity contribution in [3.63, 3.8) is 0 Å². The Bertz CT molecular complexity index is 406. The number of carbonyl (C=O) groups excluding carboxylic acids is 1. The van der Waals surface area contributed by atoms with Gasteiger partial charge >= 0.3 is 0 Å². The normalized spacial score (nSPS) is 19.8. The van der Waals surface area contributed by atoms with Crippen LogP contribution < -0.4 is 5.32 Å². The topological polar surface area (TPSA) is 67.0 Å². The first-order valence-corrected chi connectivity index (χ1v) is 5.90. The van der Waals surface area contributed by atoms with Crippen molar-refractivity contribution in [3.8, 4) is 0 Å². The molecule has 0 spiro atoms. The van der Waals surface area contributed by atoms with Crippen molar-refractivity contribution >= 4 is 5.91 Å². The molecule has 2 rings (SSSR count). The van der Waals surface area contributed by atoms with Gasteiger partial charge in [0.05, 0.1) is 18.6 Å². The number of carbonyl (C=O) groups is 1. The van der Waals surface area contributed by atoms with Crippen molar-refractivity contribution in [1.29, 1.82) is 0 Å². The van der Waals surface area contributed by atoms with E-state index in [2.05, 4.69) is 15.3 Å². The Hall–Kier alpha value is -1.36. The van der Waals surface area contributed by atoms with Crippen molar-refractivity contribution in [2.75, 3.05) is 13.2 Å². The van der Waals surface area contributed by atoms with Crippen LogP contribution in [0.3, 0.4) is 0 Å². The Kier molecular flexibility index (Phi) is 3.19. The fourth-order valence-electron chi connectivity index (χ4n) is 1.80. The first-order chi connectivity index (χ1) is 7.98. The van der Waals surface area contributed by atoms with E-state index in [1.165, 1.54) is 0 Å². The molecule has 17 heavy (non-hydrogen) atoms. The van der Waals surface area contributed by atoms with Gasteiger partial charge in [-0.1, -0.05) is 20.8 Å². The number of H-pyrrole nitrogens is 1. The first-order valence-electron chi connectivity index (χ1n) is 5.90. The molecular formula is C12H19N3O2. The van der Waals surface area contributed by atoms with E-state index in [0.29, 0.717) is 13.2 Å². The highest BCUT2D eigenvalue weighted by Gasteiger charge is 2.26. The van der Waals surface area contributed by atoms with Crippen molar-refractivity contribution in [3.05, 3.63) is 17.7 Å². The average Bonchev–Trinajstić information content (AvgIpc) is 2.72. The molecule has 0 saturated heterocycles. The molecule has 1 aliphatic heterocycles. The van der Waals surface area contributed by atoms with Gasteiger partial charge < -0.3 is 15.0 Å². The van der Waals surface area contributed by atoms with Gasteiger partial charge in [0, 0.05) is 24.1 Å². The molecule has 94 valence electrons. The Balaban J connectivity index is 1.96. The molecular weight excluding hydrogens is 218 g/mol. The van der Waals surface area contributed by atoms with Crippen molar-refractivity contribution in [2.45, 2.75) is 33.3 Å². The molecule has 1 aliphatic rings. The molecule has 5 nitrogen and oxygen atoms in total. The second kappa shape index (κ2) is 4.49. The molecule has 0 aliphatic carbocycles. The maximum atomic E-state index is 11.8. The first kappa shape index (κ1) is 12.1. The fourth-order valence-corrected chi connectivity index (χ4v) is 1.80. The summed E-state index contributed by atoms with van der Waals surface area (Å²) in [6.45, 7) is 6.83. The van der Waals surface area contributed by atoms with E-state index in [9.17, 15) is 4.79 Å². The molecule has 0 bridgehead atoms. The number of aromatic amines is 1. The van der Waals surface area contributed by atoms with E-state index >= 15 is 0 Å². The molecule has 1 atom stereocenters. The highest BCUT2D eigenvalue weighted by molar-refractivity contribution is 5.81. The third-order valence-corrected chi connectivity index (χ3v) is 2.86. The number of fused-ring (bicyclic) bond motifs is 1. The summed E-state index contributed by atoms with van der Waals surface area (Å²) in [5, 5.41) is 2.91. The third kappa shape index (κ3) is 2.66. The minimum absolute atomic E-state index is 0.0313. The molecule has 2 heterocycles. The van der Waals surface area contributed by atoms with Gasteiger partial charge in [-0.05, 0) is 0 Å². The zero-order chi connectivity index (χ0) is 12.5. The molecule has 5 heteroatoms. The number of nitrogens with one attached hydrogen (secondary N) is 2. The lowest BCUT2D eigenvalue weighted by molar-refractivity contribution is -0.129. The summed E-state index contributed by atoms with van der Waals surface area (Å²) < 4.78 is 5.63. The molecule has 1 amide bonds.